The highest BCUT2D eigenvalue weighted by Gasteiger charge is 2.39. The number of alkyl halides is 3. The van der Waals surface area contributed by atoms with E-state index in [1.54, 1.807) is 30.3 Å². The second-order valence-electron chi connectivity index (χ2n) is 10.0. The number of nitrogens with one attached hydrogen (secondary N) is 3. The Morgan fingerprint density at radius 2 is 1.84 bits per heavy atom. The molecule has 3 aliphatic rings. The third-order valence-electron chi connectivity index (χ3n) is 7.11. The summed E-state index contributed by atoms with van der Waals surface area (Å²) in [4.78, 5) is 17.4. The van der Waals surface area contributed by atoms with Gasteiger partial charge in [0.1, 0.15) is 5.82 Å². The maximum Gasteiger partial charge on any atom is 0.416 e. The predicted octanol–water partition coefficient (Wildman–Crippen LogP) is 4.41. The van der Waals surface area contributed by atoms with E-state index in [0.717, 1.165) is 43.8 Å². The van der Waals surface area contributed by atoms with E-state index in [1.165, 1.54) is 6.07 Å². The maximum atomic E-state index is 15.0. The van der Waals surface area contributed by atoms with Crippen molar-refractivity contribution >= 4 is 17.3 Å². The van der Waals surface area contributed by atoms with Crippen molar-refractivity contribution < 1.29 is 22.4 Å². The van der Waals surface area contributed by atoms with Gasteiger partial charge in [0.15, 0.2) is 0 Å². The van der Waals surface area contributed by atoms with Crippen LogP contribution in [-0.2, 0) is 11.3 Å². The zero-order valence-corrected chi connectivity index (χ0v) is 21.2. The lowest BCUT2D eigenvalue weighted by molar-refractivity contribution is -0.115. The molecule has 10 heteroatoms. The third kappa shape index (κ3) is 6.02. The molecule has 0 aromatic heterocycles. The molecule has 2 aromatic rings. The van der Waals surface area contributed by atoms with Crippen LogP contribution in [0.25, 0.3) is 11.1 Å². The summed E-state index contributed by atoms with van der Waals surface area (Å²) in [5.41, 5.74) is 1.39. The van der Waals surface area contributed by atoms with E-state index in [2.05, 4.69) is 25.8 Å². The Labute approximate surface area is 219 Å². The van der Waals surface area contributed by atoms with Crippen molar-refractivity contribution in [3.63, 3.8) is 0 Å². The molecular weight excluding hydrogens is 498 g/mol. The number of hydrogen-bond donors (Lipinski definition) is 3. The van der Waals surface area contributed by atoms with E-state index in [0.29, 0.717) is 48.2 Å². The van der Waals surface area contributed by atoms with Crippen LogP contribution >= 0.6 is 0 Å². The summed E-state index contributed by atoms with van der Waals surface area (Å²) in [6, 6.07) is 10.7. The molecule has 1 saturated carbocycles. The molecule has 1 amide bonds. The Balaban J connectivity index is 1.48. The lowest BCUT2D eigenvalue weighted by Crippen LogP contribution is -2.44. The minimum absolute atomic E-state index is 0.0150. The van der Waals surface area contributed by atoms with Gasteiger partial charge in [-0.3, -0.25) is 4.79 Å². The molecule has 1 saturated heterocycles. The minimum Gasteiger partial charge on any atom is -0.387 e. The number of amides is 1. The highest BCUT2D eigenvalue weighted by Crippen LogP contribution is 2.36. The van der Waals surface area contributed by atoms with Gasteiger partial charge in [0, 0.05) is 57.1 Å². The normalized spacial score (nSPS) is 18.5. The number of carbonyl (C=O) groups is 1. The third-order valence-corrected chi connectivity index (χ3v) is 7.11. The molecule has 2 fully saturated rings. The van der Waals surface area contributed by atoms with Gasteiger partial charge in [-0.1, -0.05) is 18.2 Å². The monoisotopic (exact) mass is 529 g/mol. The number of anilines is 2. The van der Waals surface area contributed by atoms with Crippen LogP contribution in [0.1, 0.15) is 18.4 Å². The summed E-state index contributed by atoms with van der Waals surface area (Å²) in [6.45, 7) is 3.58. The molecular formula is C28H31F4N5O. The van der Waals surface area contributed by atoms with Crippen LogP contribution in [0.4, 0.5) is 28.9 Å². The Morgan fingerprint density at radius 1 is 1.08 bits per heavy atom. The maximum absolute atomic E-state index is 15.0. The van der Waals surface area contributed by atoms with Crippen LogP contribution in [-0.4, -0.2) is 62.8 Å². The standard InChI is InChI=1S/C28H31F4N5O/c1-36-10-12-37(13-11-36)26-7-3-19(21-14-18(2-6-24(21)29)16-34-20-4-5-20)15-25(26)35-27(38)22-17-33-9-8-23(22)28(30,31)32/h2-3,6-8,14-15,17,20,33-34H,4-5,9-13,16H2,1H3,(H,35,38). The Hall–Kier alpha value is -3.37. The first-order valence-corrected chi connectivity index (χ1v) is 12.8. The SMILES string of the molecule is CN1CCN(c2ccc(-c3cc(CNC4CC4)ccc3F)cc2NC(=O)C2=CNCC=C2C(F)(F)F)CC1. The molecule has 2 aromatic carbocycles. The van der Waals surface area contributed by atoms with Crippen molar-refractivity contribution in [2.75, 3.05) is 50.0 Å². The number of hydrogen-bond acceptors (Lipinski definition) is 5. The largest absolute Gasteiger partial charge is 0.416 e. The Kier molecular flexibility index (Phi) is 7.45. The molecule has 6 nitrogen and oxygen atoms in total. The minimum atomic E-state index is -4.66. The van der Waals surface area contributed by atoms with E-state index >= 15 is 0 Å². The van der Waals surface area contributed by atoms with E-state index in [4.69, 9.17) is 0 Å². The average molecular weight is 530 g/mol. The number of rotatable bonds is 7. The molecule has 3 N–H and O–H groups in total. The van der Waals surface area contributed by atoms with Crippen molar-refractivity contribution in [2.24, 2.45) is 0 Å². The average Bonchev–Trinajstić information content (AvgIpc) is 3.73. The van der Waals surface area contributed by atoms with Gasteiger partial charge in [-0.05, 0) is 55.3 Å². The highest BCUT2D eigenvalue weighted by molar-refractivity contribution is 6.09. The van der Waals surface area contributed by atoms with Gasteiger partial charge in [0.25, 0.3) is 5.91 Å². The molecule has 0 radical (unpaired) electrons. The van der Waals surface area contributed by atoms with E-state index in [-0.39, 0.29) is 6.54 Å². The second kappa shape index (κ2) is 10.8. The number of benzene rings is 2. The molecule has 38 heavy (non-hydrogen) atoms. The number of likely N-dealkylation sites (N-methyl/N-ethyl adjacent to an activating group) is 1. The topological polar surface area (TPSA) is 59.6 Å². The van der Waals surface area contributed by atoms with Gasteiger partial charge in [-0.15, -0.1) is 0 Å². The van der Waals surface area contributed by atoms with Gasteiger partial charge in [-0.25, -0.2) is 4.39 Å². The van der Waals surface area contributed by atoms with Crippen molar-refractivity contribution in [2.45, 2.75) is 31.6 Å². The molecule has 2 aliphatic heterocycles. The van der Waals surface area contributed by atoms with Crippen molar-refractivity contribution in [3.05, 3.63) is 71.2 Å². The molecule has 0 spiro atoms. The summed E-state index contributed by atoms with van der Waals surface area (Å²) in [6.07, 6.45) is -0.327. The lowest BCUT2D eigenvalue weighted by atomic mass is 9.99. The summed E-state index contributed by atoms with van der Waals surface area (Å²) in [5, 5.41) is 8.81. The zero-order valence-electron chi connectivity index (χ0n) is 21.2. The van der Waals surface area contributed by atoms with Crippen LogP contribution < -0.4 is 20.9 Å². The molecule has 2 heterocycles. The number of halogens is 4. The van der Waals surface area contributed by atoms with Crippen molar-refractivity contribution in [1.82, 2.24) is 15.5 Å². The summed E-state index contributed by atoms with van der Waals surface area (Å²) >= 11 is 0. The van der Waals surface area contributed by atoms with Gasteiger partial charge in [0.05, 0.1) is 22.5 Å². The lowest BCUT2D eigenvalue weighted by Gasteiger charge is -2.35. The molecule has 0 bridgehead atoms. The summed E-state index contributed by atoms with van der Waals surface area (Å²) in [5.74, 6) is -1.29. The number of carbonyl (C=O) groups excluding carboxylic acids is 1. The molecule has 0 atom stereocenters. The van der Waals surface area contributed by atoms with Crippen LogP contribution in [0.3, 0.4) is 0 Å². The van der Waals surface area contributed by atoms with Crippen molar-refractivity contribution in [3.8, 4) is 11.1 Å². The highest BCUT2D eigenvalue weighted by atomic mass is 19.4. The first kappa shape index (κ1) is 26.2. The fourth-order valence-electron chi connectivity index (χ4n) is 4.74. The molecule has 202 valence electrons. The first-order chi connectivity index (χ1) is 18.2. The van der Waals surface area contributed by atoms with Crippen molar-refractivity contribution in [1.29, 1.82) is 0 Å². The van der Waals surface area contributed by atoms with E-state index in [1.807, 2.05) is 7.05 Å². The van der Waals surface area contributed by atoms with Gasteiger partial charge < -0.3 is 25.8 Å². The van der Waals surface area contributed by atoms with Crippen LogP contribution in [0.15, 0.2) is 59.8 Å². The second-order valence-corrected chi connectivity index (χ2v) is 10.0. The van der Waals surface area contributed by atoms with Crippen LogP contribution in [0.5, 0.6) is 0 Å². The predicted molar refractivity (Wildman–Crippen MR) is 140 cm³/mol. The first-order valence-electron chi connectivity index (χ1n) is 12.8. The fraction of sp³-hybridized carbons (Fsp3) is 0.393. The fourth-order valence-corrected chi connectivity index (χ4v) is 4.74. The quantitative estimate of drug-likeness (QED) is 0.464. The van der Waals surface area contributed by atoms with Crippen LogP contribution in [0, 0.1) is 5.82 Å². The number of dihydropyridines is 1. The van der Waals surface area contributed by atoms with Gasteiger partial charge in [-0.2, -0.15) is 13.2 Å². The molecule has 1 aliphatic carbocycles. The van der Waals surface area contributed by atoms with E-state index in [9.17, 15) is 22.4 Å². The van der Waals surface area contributed by atoms with Gasteiger partial charge in [0.2, 0.25) is 0 Å². The Morgan fingerprint density at radius 3 is 2.55 bits per heavy atom. The summed E-state index contributed by atoms with van der Waals surface area (Å²) < 4.78 is 55.8. The number of piperazine rings is 1. The number of nitrogens with zero attached hydrogens (tertiary/aromatic N) is 2. The molecule has 5 rings (SSSR count). The zero-order chi connectivity index (χ0) is 26.9. The van der Waals surface area contributed by atoms with E-state index < -0.39 is 29.0 Å². The Bertz CT molecular complexity index is 1260. The smallest absolute Gasteiger partial charge is 0.387 e. The van der Waals surface area contributed by atoms with Gasteiger partial charge >= 0.3 is 6.18 Å². The van der Waals surface area contributed by atoms with Crippen LogP contribution in [0.2, 0.25) is 0 Å². The summed E-state index contributed by atoms with van der Waals surface area (Å²) in [7, 11) is 2.02. The molecule has 0 unspecified atom stereocenters.